The van der Waals surface area contributed by atoms with Crippen LogP contribution >= 0.6 is 0 Å². The summed E-state index contributed by atoms with van der Waals surface area (Å²) in [7, 11) is 1.64. The summed E-state index contributed by atoms with van der Waals surface area (Å²) >= 11 is 0. The van der Waals surface area contributed by atoms with E-state index in [0.717, 1.165) is 23.5 Å². The average Bonchev–Trinajstić information content (AvgIpc) is 2.97. The largest absolute Gasteiger partial charge is 0.497 e. The number of methoxy groups -OCH3 is 1. The predicted molar refractivity (Wildman–Crippen MR) is 97.0 cm³/mol. The Hall–Kier alpha value is -2.69. The van der Waals surface area contributed by atoms with E-state index in [1.807, 2.05) is 29.2 Å². The van der Waals surface area contributed by atoms with E-state index in [2.05, 4.69) is 36.5 Å². The highest BCUT2D eigenvalue weighted by Gasteiger charge is 2.28. The molecule has 1 unspecified atom stereocenters. The van der Waals surface area contributed by atoms with E-state index in [1.54, 1.807) is 7.11 Å². The number of nitrogens with one attached hydrogen (secondary N) is 1. The van der Waals surface area contributed by atoms with Crippen molar-refractivity contribution in [3.8, 4) is 11.5 Å². The van der Waals surface area contributed by atoms with Gasteiger partial charge in [0.2, 0.25) is 0 Å². The molecule has 0 spiro atoms. The van der Waals surface area contributed by atoms with Crippen molar-refractivity contribution in [3.05, 3.63) is 59.7 Å². The third kappa shape index (κ3) is 4.66. The lowest BCUT2D eigenvalue weighted by Crippen LogP contribution is -2.29. The summed E-state index contributed by atoms with van der Waals surface area (Å²) in [5.41, 5.74) is 2.37. The van der Waals surface area contributed by atoms with E-state index in [-0.39, 0.29) is 12.1 Å². The lowest BCUT2D eigenvalue weighted by molar-refractivity contribution is 0.215. The maximum Gasteiger partial charge on any atom is 0.318 e. The molecule has 5 nitrogen and oxygen atoms in total. The van der Waals surface area contributed by atoms with Crippen LogP contribution in [0.15, 0.2) is 48.5 Å². The summed E-state index contributed by atoms with van der Waals surface area (Å²) in [5, 5.41) is 3.03. The van der Waals surface area contributed by atoms with E-state index in [0.29, 0.717) is 19.7 Å². The van der Waals surface area contributed by atoms with Gasteiger partial charge in [-0.1, -0.05) is 29.8 Å². The summed E-state index contributed by atoms with van der Waals surface area (Å²) in [5.74, 6) is 1.61. The number of amides is 2. The fourth-order valence-corrected chi connectivity index (χ4v) is 2.87. The molecule has 1 fully saturated rings. The van der Waals surface area contributed by atoms with E-state index >= 15 is 0 Å². The van der Waals surface area contributed by atoms with Gasteiger partial charge in [-0.25, -0.2) is 4.79 Å². The lowest BCUT2D eigenvalue weighted by Gasteiger charge is -2.15. The Kier molecular flexibility index (Phi) is 5.43. The van der Waals surface area contributed by atoms with Crippen LogP contribution in [0.25, 0.3) is 0 Å². The Morgan fingerprint density at radius 3 is 2.44 bits per heavy atom. The zero-order chi connectivity index (χ0) is 17.6. The normalized spacial score (nSPS) is 16.6. The number of hydrogen-bond donors (Lipinski definition) is 1. The Labute approximate surface area is 148 Å². The van der Waals surface area contributed by atoms with Crippen molar-refractivity contribution in [1.82, 2.24) is 10.2 Å². The summed E-state index contributed by atoms with van der Waals surface area (Å²) < 4.78 is 10.9. The Morgan fingerprint density at radius 1 is 1.08 bits per heavy atom. The first-order chi connectivity index (χ1) is 12.1. The summed E-state index contributed by atoms with van der Waals surface area (Å²) in [4.78, 5) is 14.0. The Bertz CT molecular complexity index is 698. The van der Waals surface area contributed by atoms with Crippen LogP contribution in [0.2, 0.25) is 0 Å². The molecule has 1 aliphatic heterocycles. The van der Waals surface area contributed by atoms with Gasteiger partial charge in [0.25, 0.3) is 0 Å². The third-order valence-electron chi connectivity index (χ3n) is 4.34. The van der Waals surface area contributed by atoms with Crippen molar-refractivity contribution in [2.24, 2.45) is 0 Å². The number of ether oxygens (including phenoxy) is 2. The van der Waals surface area contributed by atoms with Crippen LogP contribution in [0.5, 0.6) is 11.5 Å². The van der Waals surface area contributed by atoms with Gasteiger partial charge in [-0.3, -0.25) is 0 Å². The number of urea groups is 1. The van der Waals surface area contributed by atoms with E-state index in [1.165, 1.54) is 5.56 Å². The molecule has 0 aliphatic carbocycles. The van der Waals surface area contributed by atoms with Gasteiger partial charge in [0.15, 0.2) is 0 Å². The molecule has 0 aromatic heterocycles. The lowest BCUT2D eigenvalue weighted by atomic mass is 10.1. The van der Waals surface area contributed by atoms with Gasteiger partial charge in [-0.05, 0) is 36.8 Å². The number of carbonyl (C=O) groups is 1. The second kappa shape index (κ2) is 7.92. The van der Waals surface area contributed by atoms with Crippen LogP contribution in [0, 0.1) is 6.92 Å². The van der Waals surface area contributed by atoms with Crippen molar-refractivity contribution >= 4 is 6.03 Å². The zero-order valence-corrected chi connectivity index (χ0v) is 14.7. The van der Waals surface area contributed by atoms with Gasteiger partial charge < -0.3 is 19.7 Å². The van der Waals surface area contributed by atoms with Gasteiger partial charge in [0.05, 0.1) is 19.8 Å². The first-order valence-electron chi connectivity index (χ1n) is 8.52. The number of nitrogens with zero attached hydrogens (tertiary/aromatic N) is 1. The molecule has 2 amide bonds. The van der Waals surface area contributed by atoms with Gasteiger partial charge in [-0.2, -0.15) is 0 Å². The van der Waals surface area contributed by atoms with Crippen LogP contribution in [0.1, 0.15) is 17.5 Å². The van der Waals surface area contributed by atoms with Crippen LogP contribution in [0.4, 0.5) is 4.79 Å². The number of hydrogen-bond acceptors (Lipinski definition) is 3. The van der Waals surface area contributed by atoms with Gasteiger partial charge >= 0.3 is 6.03 Å². The first kappa shape index (κ1) is 17.1. The molecule has 5 heteroatoms. The molecule has 1 saturated heterocycles. The maximum atomic E-state index is 12.1. The molecule has 1 heterocycles. The highest BCUT2D eigenvalue weighted by atomic mass is 16.5. The SMILES string of the molecule is COc1ccc(OCCC2CN(Cc3ccc(C)cc3)C(=O)N2)cc1. The van der Waals surface area contributed by atoms with Gasteiger partial charge in [0, 0.05) is 19.5 Å². The molecule has 0 radical (unpaired) electrons. The quantitative estimate of drug-likeness (QED) is 0.841. The summed E-state index contributed by atoms with van der Waals surface area (Å²) in [6.45, 7) is 3.97. The summed E-state index contributed by atoms with van der Waals surface area (Å²) in [6.07, 6.45) is 0.780. The first-order valence-corrected chi connectivity index (χ1v) is 8.52. The molecule has 0 saturated carbocycles. The molecule has 132 valence electrons. The number of benzene rings is 2. The monoisotopic (exact) mass is 340 g/mol. The smallest absolute Gasteiger partial charge is 0.318 e. The molecule has 0 bridgehead atoms. The number of rotatable bonds is 7. The fourth-order valence-electron chi connectivity index (χ4n) is 2.87. The third-order valence-corrected chi connectivity index (χ3v) is 4.34. The molecular formula is C20H24N2O3. The second-order valence-corrected chi connectivity index (χ2v) is 6.33. The van der Waals surface area contributed by atoms with Crippen LogP contribution in [0.3, 0.4) is 0 Å². The van der Waals surface area contributed by atoms with E-state index in [4.69, 9.17) is 9.47 Å². The highest BCUT2D eigenvalue weighted by Crippen LogP contribution is 2.18. The van der Waals surface area contributed by atoms with Crippen LogP contribution in [-0.2, 0) is 6.54 Å². The highest BCUT2D eigenvalue weighted by molar-refractivity contribution is 5.76. The topological polar surface area (TPSA) is 50.8 Å². The molecule has 1 aliphatic rings. The van der Waals surface area contributed by atoms with Crippen molar-refractivity contribution < 1.29 is 14.3 Å². The molecule has 2 aromatic carbocycles. The molecule has 25 heavy (non-hydrogen) atoms. The number of carbonyl (C=O) groups excluding carboxylic acids is 1. The summed E-state index contributed by atoms with van der Waals surface area (Å²) in [6, 6.07) is 15.9. The molecule has 1 atom stereocenters. The Balaban J connectivity index is 1.44. The predicted octanol–water partition coefficient (Wildman–Crippen LogP) is 3.37. The van der Waals surface area contributed by atoms with Crippen molar-refractivity contribution in [2.75, 3.05) is 20.3 Å². The Morgan fingerprint density at radius 2 is 1.76 bits per heavy atom. The van der Waals surface area contributed by atoms with Gasteiger partial charge in [-0.15, -0.1) is 0 Å². The average molecular weight is 340 g/mol. The fraction of sp³-hybridized carbons (Fsp3) is 0.350. The van der Waals surface area contributed by atoms with Crippen LogP contribution < -0.4 is 14.8 Å². The second-order valence-electron chi connectivity index (χ2n) is 6.33. The van der Waals surface area contributed by atoms with Gasteiger partial charge in [0.1, 0.15) is 11.5 Å². The van der Waals surface area contributed by atoms with Crippen molar-refractivity contribution in [3.63, 3.8) is 0 Å². The minimum absolute atomic E-state index is 0.00461. The van der Waals surface area contributed by atoms with Crippen molar-refractivity contribution in [2.45, 2.75) is 25.9 Å². The van der Waals surface area contributed by atoms with E-state index < -0.39 is 0 Å². The maximum absolute atomic E-state index is 12.1. The van der Waals surface area contributed by atoms with Crippen molar-refractivity contribution in [1.29, 1.82) is 0 Å². The minimum atomic E-state index is -0.00461. The molecule has 3 rings (SSSR count). The zero-order valence-electron chi connectivity index (χ0n) is 14.7. The minimum Gasteiger partial charge on any atom is -0.497 e. The molecule has 2 aromatic rings. The van der Waals surface area contributed by atoms with Crippen LogP contribution in [-0.4, -0.2) is 37.2 Å². The number of aryl methyl sites for hydroxylation is 1. The molecule has 1 N–H and O–H groups in total. The standard InChI is InChI=1S/C20H24N2O3/c1-15-3-5-16(6-4-15)13-22-14-17(21-20(22)23)11-12-25-19-9-7-18(24-2)8-10-19/h3-10,17H,11-14H2,1-2H3,(H,21,23). The molecular weight excluding hydrogens is 316 g/mol. The van der Waals surface area contributed by atoms with E-state index in [9.17, 15) is 4.79 Å².